The van der Waals surface area contributed by atoms with E-state index in [4.69, 9.17) is 0 Å². The highest BCUT2D eigenvalue weighted by Gasteiger charge is 2.20. The summed E-state index contributed by atoms with van der Waals surface area (Å²) in [5.74, 6) is -0.0130. The number of hydrogen-bond donors (Lipinski definition) is 1. The average Bonchev–Trinajstić information content (AvgIpc) is 3.15. The van der Waals surface area contributed by atoms with Gasteiger partial charge in [0.15, 0.2) is 0 Å². The van der Waals surface area contributed by atoms with Crippen LogP contribution in [0, 0.1) is 20.8 Å². The summed E-state index contributed by atoms with van der Waals surface area (Å²) in [6.45, 7) is 6.67. The number of amides is 1. The molecule has 1 amide bonds. The molecule has 0 saturated heterocycles. The molecule has 3 heterocycles. The Morgan fingerprint density at radius 1 is 1.32 bits per heavy atom. The summed E-state index contributed by atoms with van der Waals surface area (Å²) >= 11 is 3.20. The topological polar surface area (TPSA) is 45.2 Å². The summed E-state index contributed by atoms with van der Waals surface area (Å²) in [4.78, 5) is 22.5. The third-order valence-corrected chi connectivity index (χ3v) is 6.54. The molecule has 0 fully saturated rings. The van der Waals surface area contributed by atoms with Gasteiger partial charge in [-0.15, -0.1) is 22.7 Å². The van der Waals surface area contributed by atoms with Gasteiger partial charge in [-0.25, -0.2) is 4.98 Å². The standard InChI is InChI=1S/C19H23N3OS2/c1-11-9-12(2)21-19-16(11)13(3)17(25-19)18(23)20-10-14(22(4)5)15-7-6-8-24-15/h6-9,14H,10H2,1-5H3,(H,20,23)/t14-/m1/s1. The van der Waals surface area contributed by atoms with Crippen molar-refractivity contribution in [1.82, 2.24) is 15.2 Å². The molecule has 0 aliphatic heterocycles. The van der Waals surface area contributed by atoms with Gasteiger partial charge in [0, 0.05) is 22.5 Å². The van der Waals surface area contributed by atoms with Crippen LogP contribution in [0.1, 0.15) is 37.4 Å². The summed E-state index contributed by atoms with van der Waals surface area (Å²) < 4.78 is 0. The van der Waals surface area contributed by atoms with Crippen LogP contribution in [0.4, 0.5) is 0 Å². The lowest BCUT2D eigenvalue weighted by Crippen LogP contribution is -2.34. The van der Waals surface area contributed by atoms with Gasteiger partial charge in [-0.2, -0.15) is 0 Å². The van der Waals surface area contributed by atoms with Gasteiger partial charge in [-0.1, -0.05) is 6.07 Å². The van der Waals surface area contributed by atoms with E-state index in [0.29, 0.717) is 6.54 Å². The molecule has 3 aromatic heterocycles. The minimum atomic E-state index is -0.0130. The molecule has 0 aliphatic rings. The van der Waals surface area contributed by atoms with Gasteiger partial charge < -0.3 is 10.2 Å². The SMILES string of the molecule is Cc1cc(C)c2c(C)c(C(=O)NC[C@H](c3cccs3)N(C)C)sc2n1. The van der Waals surface area contributed by atoms with Crippen molar-refractivity contribution in [3.63, 3.8) is 0 Å². The van der Waals surface area contributed by atoms with Crippen molar-refractivity contribution < 1.29 is 4.79 Å². The second-order valence-corrected chi connectivity index (χ2v) is 8.50. The van der Waals surface area contributed by atoms with Crippen molar-refractivity contribution in [1.29, 1.82) is 0 Å². The molecule has 0 spiro atoms. The van der Waals surface area contributed by atoms with Crippen molar-refractivity contribution in [2.24, 2.45) is 0 Å². The Bertz CT molecular complexity index is 897. The fourth-order valence-corrected chi connectivity index (χ4v) is 5.27. The van der Waals surface area contributed by atoms with Gasteiger partial charge >= 0.3 is 0 Å². The highest BCUT2D eigenvalue weighted by atomic mass is 32.1. The molecule has 3 rings (SSSR count). The smallest absolute Gasteiger partial charge is 0.261 e. The van der Waals surface area contributed by atoms with Crippen LogP contribution < -0.4 is 5.32 Å². The molecule has 0 aromatic carbocycles. The number of fused-ring (bicyclic) bond motifs is 1. The normalized spacial score (nSPS) is 12.7. The fraction of sp³-hybridized carbons (Fsp3) is 0.368. The zero-order chi connectivity index (χ0) is 18.1. The van der Waals surface area contributed by atoms with Crippen LogP contribution in [-0.2, 0) is 0 Å². The van der Waals surface area contributed by atoms with Gasteiger partial charge in [0.05, 0.1) is 10.9 Å². The summed E-state index contributed by atoms with van der Waals surface area (Å²) in [6, 6.07) is 6.41. The van der Waals surface area contributed by atoms with Crippen LogP contribution in [0.5, 0.6) is 0 Å². The Morgan fingerprint density at radius 2 is 2.08 bits per heavy atom. The van der Waals surface area contributed by atoms with Crippen molar-refractivity contribution >= 4 is 38.8 Å². The highest BCUT2D eigenvalue weighted by Crippen LogP contribution is 2.32. The molecule has 0 radical (unpaired) electrons. The first-order valence-corrected chi connectivity index (χ1v) is 9.93. The first-order chi connectivity index (χ1) is 11.9. The van der Waals surface area contributed by atoms with E-state index < -0.39 is 0 Å². The number of nitrogens with zero attached hydrogens (tertiary/aromatic N) is 2. The predicted octanol–water partition coefficient (Wildman–Crippen LogP) is 4.32. The summed E-state index contributed by atoms with van der Waals surface area (Å²) in [5.41, 5.74) is 3.20. The van der Waals surface area contributed by atoms with E-state index in [-0.39, 0.29) is 11.9 Å². The summed E-state index contributed by atoms with van der Waals surface area (Å²) in [7, 11) is 4.08. The van der Waals surface area contributed by atoms with Gasteiger partial charge in [0.25, 0.3) is 5.91 Å². The Hall–Kier alpha value is -1.76. The molecule has 1 atom stereocenters. The Kier molecular flexibility index (Phi) is 5.22. The summed E-state index contributed by atoms with van der Waals surface area (Å²) in [6.07, 6.45) is 0. The lowest BCUT2D eigenvalue weighted by atomic mass is 10.1. The van der Waals surface area contributed by atoms with Crippen LogP contribution in [0.15, 0.2) is 23.6 Å². The number of thiophene rings is 2. The zero-order valence-corrected chi connectivity index (χ0v) is 16.8. The Morgan fingerprint density at radius 3 is 2.72 bits per heavy atom. The highest BCUT2D eigenvalue weighted by molar-refractivity contribution is 7.20. The monoisotopic (exact) mass is 373 g/mol. The van der Waals surface area contributed by atoms with Gasteiger partial charge in [0.2, 0.25) is 0 Å². The number of carbonyl (C=O) groups is 1. The average molecular weight is 374 g/mol. The molecule has 25 heavy (non-hydrogen) atoms. The van der Waals surface area contributed by atoms with Crippen LogP contribution in [0.3, 0.4) is 0 Å². The van der Waals surface area contributed by atoms with Crippen molar-refractivity contribution in [2.45, 2.75) is 26.8 Å². The number of aromatic nitrogens is 1. The van der Waals surface area contributed by atoms with Gasteiger partial charge in [-0.3, -0.25) is 4.79 Å². The fourth-order valence-electron chi connectivity index (χ4n) is 3.12. The van der Waals surface area contributed by atoms with E-state index in [9.17, 15) is 4.79 Å². The second kappa shape index (κ2) is 7.23. The van der Waals surface area contributed by atoms with E-state index in [1.54, 1.807) is 11.3 Å². The predicted molar refractivity (Wildman–Crippen MR) is 107 cm³/mol. The van der Waals surface area contributed by atoms with E-state index in [2.05, 4.69) is 39.6 Å². The van der Waals surface area contributed by atoms with Crippen molar-refractivity contribution in [2.75, 3.05) is 20.6 Å². The number of rotatable bonds is 5. The third kappa shape index (κ3) is 3.61. The quantitative estimate of drug-likeness (QED) is 0.725. The van der Waals surface area contributed by atoms with Crippen LogP contribution in [0.25, 0.3) is 10.2 Å². The lowest BCUT2D eigenvalue weighted by molar-refractivity contribution is 0.0946. The maximum absolute atomic E-state index is 12.8. The number of hydrogen-bond acceptors (Lipinski definition) is 5. The zero-order valence-electron chi connectivity index (χ0n) is 15.2. The van der Waals surface area contributed by atoms with E-state index >= 15 is 0 Å². The number of aryl methyl sites for hydroxylation is 3. The maximum atomic E-state index is 12.8. The molecule has 6 heteroatoms. The molecular formula is C19H23N3OS2. The maximum Gasteiger partial charge on any atom is 0.261 e. The van der Waals surface area contributed by atoms with Gasteiger partial charge in [0.1, 0.15) is 4.83 Å². The molecule has 0 bridgehead atoms. The van der Waals surface area contributed by atoms with Crippen LogP contribution in [-0.4, -0.2) is 36.4 Å². The molecule has 0 saturated carbocycles. The number of carbonyl (C=O) groups excluding carboxylic acids is 1. The largest absolute Gasteiger partial charge is 0.349 e. The van der Waals surface area contributed by atoms with Crippen molar-refractivity contribution in [3.8, 4) is 0 Å². The Labute approximate surface area is 156 Å². The molecule has 0 unspecified atom stereocenters. The molecular weight excluding hydrogens is 350 g/mol. The van der Waals surface area contributed by atoms with Gasteiger partial charge in [-0.05, 0) is 63.5 Å². The number of likely N-dealkylation sites (N-methyl/N-ethyl adjacent to an activating group) is 1. The minimum Gasteiger partial charge on any atom is -0.349 e. The number of nitrogens with one attached hydrogen (secondary N) is 1. The van der Waals surface area contributed by atoms with Crippen LogP contribution >= 0.6 is 22.7 Å². The second-order valence-electron chi connectivity index (χ2n) is 6.52. The van der Waals surface area contributed by atoms with E-state index in [1.807, 2.05) is 34.0 Å². The van der Waals surface area contributed by atoms with Crippen molar-refractivity contribution in [3.05, 3.63) is 50.2 Å². The Balaban J connectivity index is 1.83. The first kappa shape index (κ1) is 18.0. The summed E-state index contributed by atoms with van der Waals surface area (Å²) in [5, 5.41) is 6.30. The molecule has 3 aromatic rings. The van der Waals surface area contributed by atoms with Crippen LogP contribution in [0.2, 0.25) is 0 Å². The molecule has 0 aliphatic carbocycles. The molecule has 4 nitrogen and oxygen atoms in total. The molecule has 1 N–H and O–H groups in total. The van der Waals surface area contributed by atoms with E-state index in [0.717, 1.165) is 26.4 Å². The third-order valence-electron chi connectivity index (χ3n) is 4.38. The minimum absolute atomic E-state index is 0.0130. The lowest BCUT2D eigenvalue weighted by Gasteiger charge is -2.23. The molecule has 132 valence electrons. The van der Waals surface area contributed by atoms with E-state index in [1.165, 1.54) is 21.8 Å². The first-order valence-electron chi connectivity index (χ1n) is 8.24. The number of pyridine rings is 1.